The van der Waals surface area contributed by atoms with Crippen LogP contribution in [-0.4, -0.2) is 48.3 Å². The summed E-state index contributed by atoms with van der Waals surface area (Å²) in [6.45, 7) is 0. The Morgan fingerprint density at radius 2 is 0.750 bits per heavy atom. The second-order valence-corrected chi connectivity index (χ2v) is 6.48. The molecular weight excluding hydrogens is 368 g/mol. The molecule has 0 atom stereocenters. The van der Waals surface area contributed by atoms with Crippen LogP contribution in [-0.2, 0) is 28.7 Å². The molecule has 0 aromatic carbocycles. The summed E-state index contributed by atoms with van der Waals surface area (Å²) in [6.07, 6.45) is 10.4. The van der Waals surface area contributed by atoms with Crippen molar-refractivity contribution in [3.8, 4) is 0 Å². The predicted molar refractivity (Wildman–Crippen MR) is 104 cm³/mol. The average Bonchev–Trinajstić information content (AvgIpc) is 2.66. The summed E-state index contributed by atoms with van der Waals surface area (Å²) in [6, 6.07) is 0. The summed E-state index contributed by atoms with van der Waals surface area (Å²) in [4.78, 5) is 41.7. The third-order valence-electron chi connectivity index (χ3n) is 4.00. The Bertz CT molecular complexity index is 394. The van der Waals surface area contributed by atoms with Crippen molar-refractivity contribution in [2.24, 2.45) is 0 Å². The average molecular weight is 405 g/mol. The van der Waals surface area contributed by atoms with Crippen LogP contribution in [0.1, 0.15) is 89.9 Å². The van der Waals surface area contributed by atoms with E-state index in [0.717, 1.165) is 51.4 Å². The zero-order chi connectivity index (χ0) is 21.6. The number of carboxylic acids is 2. The van der Waals surface area contributed by atoms with Crippen molar-refractivity contribution >= 4 is 23.9 Å². The van der Waals surface area contributed by atoms with Gasteiger partial charge in [0.2, 0.25) is 0 Å². The molecule has 0 saturated carbocycles. The maximum Gasteiger partial charge on any atom is 0.305 e. The minimum Gasteiger partial charge on any atom is -0.481 e. The van der Waals surface area contributed by atoms with Gasteiger partial charge in [-0.1, -0.05) is 38.5 Å². The number of carbonyl (C=O) groups is 4. The van der Waals surface area contributed by atoms with Crippen molar-refractivity contribution < 1.29 is 38.9 Å². The van der Waals surface area contributed by atoms with Gasteiger partial charge in [-0.15, -0.1) is 0 Å². The van der Waals surface area contributed by atoms with E-state index in [2.05, 4.69) is 9.47 Å². The second-order valence-electron chi connectivity index (χ2n) is 6.48. The molecular formula is C20H36O8. The van der Waals surface area contributed by atoms with Gasteiger partial charge in [-0.3, -0.25) is 19.2 Å². The van der Waals surface area contributed by atoms with E-state index in [1.165, 1.54) is 14.2 Å². The first-order valence-corrected chi connectivity index (χ1v) is 9.90. The standard InChI is InChI=1S/C12H22O4.C8H14O4/c1-15-11(13)9-7-5-3-4-6-8-10-12(14)16-2;9-7(10)5-3-1-2-4-6-8(11)12/h3-10H2,1-2H3;1-6H2,(H,9,10)(H,11,12). The Balaban J connectivity index is 0. The lowest BCUT2D eigenvalue weighted by Gasteiger charge is -2.01. The predicted octanol–water partition coefficient (Wildman–Crippen LogP) is 3.95. The van der Waals surface area contributed by atoms with Gasteiger partial charge in [-0.25, -0.2) is 0 Å². The Morgan fingerprint density at radius 1 is 0.500 bits per heavy atom. The Morgan fingerprint density at radius 3 is 1.00 bits per heavy atom. The number of ether oxygens (including phenoxy) is 2. The summed E-state index contributed by atoms with van der Waals surface area (Å²) < 4.78 is 9.09. The van der Waals surface area contributed by atoms with E-state index in [-0.39, 0.29) is 24.8 Å². The molecule has 2 N–H and O–H groups in total. The molecule has 8 heteroatoms. The maximum atomic E-state index is 10.8. The highest BCUT2D eigenvalue weighted by atomic mass is 16.5. The van der Waals surface area contributed by atoms with E-state index in [1.54, 1.807) is 0 Å². The van der Waals surface area contributed by atoms with Crippen molar-refractivity contribution in [1.82, 2.24) is 0 Å². The largest absolute Gasteiger partial charge is 0.481 e. The first-order chi connectivity index (χ1) is 13.3. The molecule has 164 valence electrons. The van der Waals surface area contributed by atoms with Crippen LogP contribution in [0.2, 0.25) is 0 Å². The minimum atomic E-state index is -0.784. The van der Waals surface area contributed by atoms with Crippen LogP contribution in [0, 0.1) is 0 Å². The lowest BCUT2D eigenvalue weighted by Crippen LogP contribution is -1.99. The summed E-state index contributed by atoms with van der Waals surface area (Å²) in [5.41, 5.74) is 0. The van der Waals surface area contributed by atoms with Crippen LogP contribution in [0.3, 0.4) is 0 Å². The van der Waals surface area contributed by atoms with Crippen molar-refractivity contribution in [2.75, 3.05) is 14.2 Å². The molecule has 0 saturated heterocycles. The highest BCUT2D eigenvalue weighted by molar-refractivity contribution is 5.69. The van der Waals surface area contributed by atoms with Crippen LogP contribution >= 0.6 is 0 Å². The third-order valence-corrected chi connectivity index (χ3v) is 4.00. The Labute approximate surface area is 167 Å². The SMILES string of the molecule is COC(=O)CCCCCCCCC(=O)OC.O=C(O)CCCCCCC(=O)O. The number of rotatable bonds is 16. The topological polar surface area (TPSA) is 127 Å². The number of carbonyl (C=O) groups excluding carboxylic acids is 2. The van der Waals surface area contributed by atoms with Crippen LogP contribution < -0.4 is 0 Å². The lowest BCUT2D eigenvalue weighted by molar-refractivity contribution is -0.141. The van der Waals surface area contributed by atoms with Gasteiger partial charge in [0.1, 0.15) is 0 Å². The monoisotopic (exact) mass is 404 g/mol. The van der Waals surface area contributed by atoms with Gasteiger partial charge in [0, 0.05) is 25.7 Å². The van der Waals surface area contributed by atoms with Gasteiger partial charge in [-0.05, 0) is 25.7 Å². The number of hydrogen-bond acceptors (Lipinski definition) is 6. The molecule has 0 rings (SSSR count). The zero-order valence-electron chi connectivity index (χ0n) is 17.2. The fourth-order valence-electron chi connectivity index (χ4n) is 2.36. The molecule has 0 aliphatic carbocycles. The highest BCUT2D eigenvalue weighted by Crippen LogP contribution is 2.09. The van der Waals surface area contributed by atoms with E-state index in [0.29, 0.717) is 25.7 Å². The molecule has 0 fully saturated rings. The van der Waals surface area contributed by atoms with Gasteiger partial charge in [0.05, 0.1) is 14.2 Å². The second kappa shape index (κ2) is 21.2. The molecule has 0 aromatic heterocycles. The number of methoxy groups -OCH3 is 2. The molecule has 0 aliphatic heterocycles. The molecule has 8 nitrogen and oxygen atoms in total. The van der Waals surface area contributed by atoms with Gasteiger partial charge in [-0.2, -0.15) is 0 Å². The van der Waals surface area contributed by atoms with Gasteiger partial charge >= 0.3 is 23.9 Å². The molecule has 0 bridgehead atoms. The summed E-state index contributed by atoms with van der Waals surface area (Å²) in [5.74, 6) is -1.84. The summed E-state index contributed by atoms with van der Waals surface area (Å²) in [5, 5.41) is 16.5. The Kier molecular flexibility index (Phi) is 21.3. The summed E-state index contributed by atoms with van der Waals surface area (Å²) >= 11 is 0. The first-order valence-electron chi connectivity index (χ1n) is 9.90. The smallest absolute Gasteiger partial charge is 0.305 e. The molecule has 0 unspecified atom stereocenters. The fraction of sp³-hybridized carbons (Fsp3) is 0.800. The first kappa shape index (κ1) is 28.1. The molecule has 0 heterocycles. The number of carboxylic acid groups (broad SMARTS) is 2. The van der Waals surface area contributed by atoms with Crippen molar-refractivity contribution in [3.05, 3.63) is 0 Å². The van der Waals surface area contributed by atoms with E-state index in [9.17, 15) is 19.2 Å². The van der Waals surface area contributed by atoms with Crippen molar-refractivity contribution in [2.45, 2.75) is 89.9 Å². The fourth-order valence-corrected chi connectivity index (χ4v) is 2.36. The lowest BCUT2D eigenvalue weighted by atomic mass is 10.1. The molecule has 0 radical (unpaired) electrons. The van der Waals surface area contributed by atoms with Crippen LogP contribution in [0.15, 0.2) is 0 Å². The number of unbranched alkanes of at least 4 members (excludes halogenated alkanes) is 8. The van der Waals surface area contributed by atoms with Crippen LogP contribution in [0.5, 0.6) is 0 Å². The van der Waals surface area contributed by atoms with Gasteiger partial charge in [0.25, 0.3) is 0 Å². The molecule has 0 spiro atoms. The third kappa shape index (κ3) is 26.1. The van der Waals surface area contributed by atoms with Crippen molar-refractivity contribution in [1.29, 1.82) is 0 Å². The van der Waals surface area contributed by atoms with Gasteiger partial charge < -0.3 is 19.7 Å². The maximum absolute atomic E-state index is 10.8. The quantitative estimate of drug-likeness (QED) is 0.292. The summed E-state index contributed by atoms with van der Waals surface area (Å²) in [7, 11) is 2.82. The van der Waals surface area contributed by atoms with E-state index in [4.69, 9.17) is 10.2 Å². The molecule has 28 heavy (non-hydrogen) atoms. The van der Waals surface area contributed by atoms with E-state index < -0.39 is 11.9 Å². The van der Waals surface area contributed by atoms with Crippen molar-refractivity contribution in [3.63, 3.8) is 0 Å². The molecule has 0 aliphatic rings. The number of hydrogen-bond donors (Lipinski definition) is 2. The Hall–Kier alpha value is -2.12. The zero-order valence-corrected chi connectivity index (χ0v) is 17.2. The van der Waals surface area contributed by atoms with Crippen LogP contribution in [0.25, 0.3) is 0 Å². The van der Waals surface area contributed by atoms with E-state index >= 15 is 0 Å². The van der Waals surface area contributed by atoms with Gasteiger partial charge in [0.15, 0.2) is 0 Å². The normalized spacial score (nSPS) is 9.79. The van der Waals surface area contributed by atoms with E-state index in [1.807, 2.05) is 0 Å². The molecule has 0 aromatic rings. The molecule has 0 amide bonds. The minimum absolute atomic E-state index is 0.134. The number of esters is 2. The highest BCUT2D eigenvalue weighted by Gasteiger charge is 2.01. The van der Waals surface area contributed by atoms with Crippen LogP contribution in [0.4, 0.5) is 0 Å². The number of aliphatic carboxylic acids is 2.